The zero-order valence-electron chi connectivity index (χ0n) is 15.3. The van der Waals surface area contributed by atoms with E-state index in [1.807, 2.05) is 0 Å². The lowest BCUT2D eigenvalue weighted by atomic mass is 10.2. The summed E-state index contributed by atoms with van der Waals surface area (Å²) < 4.78 is 67.4. The molecule has 12 heteroatoms. The maximum Gasteiger partial charge on any atom is 0.417 e. The summed E-state index contributed by atoms with van der Waals surface area (Å²) in [6, 6.07) is 3.90. The van der Waals surface area contributed by atoms with Gasteiger partial charge in [0.2, 0.25) is 0 Å². The number of hydrogen-bond acceptors (Lipinski definition) is 6. The number of halogens is 3. The highest BCUT2D eigenvalue weighted by atomic mass is 32.2. The molecule has 4 aromatic rings. The molecule has 2 N–H and O–H groups in total. The summed E-state index contributed by atoms with van der Waals surface area (Å²) in [6.45, 7) is 1.49. The maximum absolute atomic E-state index is 13.0. The van der Waals surface area contributed by atoms with Crippen molar-refractivity contribution in [3.05, 3.63) is 36.2 Å². The van der Waals surface area contributed by atoms with Crippen LogP contribution in [-0.4, -0.2) is 38.1 Å². The summed E-state index contributed by atoms with van der Waals surface area (Å²) >= 11 is 0. The van der Waals surface area contributed by atoms with Crippen molar-refractivity contribution in [1.29, 1.82) is 0 Å². The van der Waals surface area contributed by atoms with Crippen LogP contribution in [0.1, 0.15) is 12.5 Å². The molecular weight excluding hydrogens is 409 g/mol. The molecule has 8 nitrogen and oxygen atoms in total. The van der Waals surface area contributed by atoms with Gasteiger partial charge in [0, 0.05) is 31.2 Å². The van der Waals surface area contributed by atoms with E-state index >= 15 is 0 Å². The summed E-state index contributed by atoms with van der Waals surface area (Å²) in [5.74, 6) is -0.111. The molecule has 0 atom stereocenters. The molecule has 0 spiro atoms. The number of anilines is 1. The van der Waals surface area contributed by atoms with E-state index in [-0.39, 0.29) is 39.1 Å². The summed E-state index contributed by atoms with van der Waals surface area (Å²) in [5.41, 5.74) is 5.66. The van der Waals surface area contributed by atoms with Gasteiger partial charge in [-0.15, -0.1) is 0 Å². The Bertz CT molecular complexity index is 1370. The summed E-state index contributed by atoms with van der Waals surface area (Å²) in [4.78, 5) is 12.4. The third-order valence-electron chi connectivity index (χ3n) is 4.53. The van der Waals surface area contributed by atoms with Gasteiger partial charge in [0.25, 0.3) is 0 Å². The monoisotopic (exact) mass is 424 g/mol. The highest BCUT2D eigenvalue weighted by Gasteiger charge is 2.33. The largest absolute Gasteiger partial charge is 0.417 e. The number of aromatic nitrogens is 5. The number of rotatable bonds is 3. The topological polar surface area (TPSA) is 108 Å². The molecular formula is C17H15F3N6O2S. The summed E-state index contributed by atoms with van der Waals surface area (Å²) in [7, 11) is -2.22. The molecule has 0 fully saturated rings. The second-order valence-electron chi connectivity index (χ2n) is 6.42. The normalized spacial score (nSPS) is 12.9. The number of aryl methyl sites for hydroxylation is 1. The molecule has 0 aliphatic heterocycles. The highest BCUT2D eigenvalue weighted by Crippen LogP contribution is 2.33. The van der Waals surface area contributed by atoms with Crippen LogP contribution in [0.15, 0.2) is 35.6 Å². The third kappa shape index (κ3) is 2.99. The molecule has 0 amide bonds. The molecule has 0 bridgehead atoms. The molecule has 0 aromatic carbocycles. The third-order valence-corrected chi connectivity index (χ3v) is 6.27. The van der Waals surface area contributed by atoms with Crippen LogP contribution >= 0.6 is 0 Å². The van der Waals surface area contributed by atoms with Crippen LogP contribution in [0.2, 0.25) is 0 Å². The number of alkyl halides is 3. The highest BCUT2D eigenvalue weighted by molar-refractivity contribution is 7.91. The zero-order valence-corrected chi connectivity index (χ0v) is 16.1. The molecule has 0 saturated heterocycles. The molecule has 4 rings (SSSR count). The molecule has 0 aliphatic carbocycles. The number of imidazole rings is 2. The minimum absolute atomic E-state index is 0.0197. The summed E-state index contributed by atoms with van der Waals surface area (Å²) in [6.07, 6.45) is -2.38. The van der Waals surface area contributed by atoms with E-state index in [9.17, 15) is 21.6 Å². The van der Waals surface area contributed by atoms with E-state index in [1.54, 1.807) is 0 Å². The van der Waals surface area contributed by atoms with Gasteiger partial charge >= 0.3 is 6.18 Å². The number of hydrogen-bond donors (Lipinski definition) is 1. The fourth-order valence-corrected chi connectivity index (χ4v) is 4.22. The predicted molar refractivity (Wildman–Crippen MR) is 99.8 cm³/mol. The second-order valence-corrected chi connectivity index (χ2v) is 8.61. The van der Waals surface area contributed by atoms with Gasteiger partial charge in [-0.1, -0.05) is 6.92 Å². The standard InChI is InChI=1S/C17H15F3N6O2S/c1-3-29(27,28)16-13(24-12-7-10(21)4-5-26(12)16)15-23-11-6-9(17(18,19)20)8-22-14(11)25(15)2/h4-8H,3,21H2,1-2H3. The Morgan fingerprint density at radius 1 is 1.21 bits per heavy atom. The van der Waals surface area contributed by atoms with Crippen LogP contribution in [0.3, 0.4) is 0 Å². The quantitative estimate of drug-likeness (QED) is 0.542. The predicted octanol–water partition coefficient (Wildman–Crippen LogP) is 2.68. The Morgan fingerprint density at radius 2 is 1.93 bits per heavy atom. The Balaban J connectivity index is 2.05. The molecule has 4 aromatic heterocycles. The molecule has 29 heavy (non-hydrogen) atoms. The van der Waals surface area contributed by atoms with Gasteiger partial charge < -0.3 is 10.3 Å². The first-order valence-corrected chi connectivity index (χ1v) is 10.1. The lowest BCUT2D eigenvalue weighted by Gasteiger charge is -2.06. The first kappa shape index (κ1) is 19.2. The minimum atomic E-state index is -4.57. The fraction of sp³-hybridized carbons (Fsp3) is 0.235. The van der Waals surface area contributed by atoms with Gasteiger partial charge in [-0.25, -0.2) is 23.4 Å². The first-order valence-electron chi connectivity index (χ1n) is 8.43. The SMILES string of the molecule is CCS(=O)(=O)c1c(-c2nc3cc(C(F)(F)F)cnc3n2C)nc2cc(N)ccn12. The first-order chi connectivity index (χ1) is 13.5. The maximum atomic E-state index is 13.0. The van der Waals surface area contributed by atoms with Crippen molar-refractivity contribution in [2.75, 3.05) is 11.5 Å². The van der Waals surface area contributed by atoms with E-state index < -0.39 is 21.6 Å². The smallest absolute Gasteiger partial charge is 0.399 e. The number of pyridine rings is 2. The Kier molecular flexibility index (Phi) is 4.08. The minimum Gasteiger partial charge on any atom is -0.399 e. The van der Waals surface area contributed by atoms with E-state index in [0.29, 0.717) is 11.9 Å². The van der Waals surface area contributed by atoms with Crippen LogP contribution in [0.5, 0.6) is 0 Å². The van der Waals surface area contributed by atoms with Crippen LogP contribution in [0.25, 0.3) is 28.3 Å². The lowest BCUT2D eigenvalue weighted by Crippen LogP contribution is -2.09. The number of nitrogens with zero attached hydrogens (tertiary/aromatic N) is 5. The Labute approximate surface area is 162 Å². The van der Waals surface area contributed by atoms with Gasteiger partial charge in [-0.3, -0.25) is 4.40 Å². The van der Waals surface area contributed by atoms with Gasteiger partial charge in [-0.05, 0) is 12.1 Å². The molecule has 0 unspecified atom stereocenters. The van der Waals surface area contributed by atoms with Crippen LogP contribution < -0.4 is 5.73 Å². The average molecular weight is 424 g/mol. The molecule has 152 valence electrons. The molecule has 0 aliphatic rings. The Morgan fingerprint density at radius 3 is 2.59 bits per heavy atom. The van der Waals surface area contributed by atoms with Crippen LogP contribution in [0.4, 0.5) is 18.9 Å². The van der Waals surface area contributed by atoms with Gasteiger partial charge in [-0.2, -0.15) is 13.2 Å². The van der Waals surface area contributed by atoms with Crippen LogP contribution in [0, 0.1) is 0 Å². The van der Waals surface area contributed by atoms with Crippen molar-refractivity contribution in [2.45, 2.75) is 18.1 Å². The van der Waals surface area contributed by atoms with Crippen LogP contribution in [-0.2, 0) is 23.1 Å². The zero-order chi connectivity index (χ0) is 21.1. The average Bonchev–Trinajstić information content (AvgIpc) is 3.18. The summed E-state index contributed by atoms with van der Waals surface area (Å²) in [5, 5.41) is -0.107. The van der Waals surface area contributed by atoms with E-state index in [1.165, 1.54) is 41.3 Å². The van der Waals surface area contributed by atoms with Crippen molar-refractivity contribution in [3.63, 3.8) is 0 Å². The van der Waals surface area contributed by atoms with Gasteiger partial charge in [0.1, 0.15) is 16.9 Å². The number of sulfone groups is 1. The van der Waals surface area contributed by atoms with Crippen molar-refractivity contribution in [1.82, 2.24) is 23.9 Å². The second kappa shape index (κ2) is 6.17. The lowest BCUT2D eigenvalue weighted by molar-refractivity contribution is -0.137. The molecule has 0 saturated carbocycles. The van der Waals surface area contributed by atoms with Crippen molar-refractivity contribution in [2.24, 2.45) is 7.05 Å². The number of fused-ring (bicyclic) bond motifs is 2. The van der Waals surface area contributed by atoms with Crippen molar-refractivity contribution < 1.29 is 21.6 Å². The molecule has 0 radical (unpaired) electrons. The van der Waals surface area contributed by atoms with E-state index in [4.69, 9.17) is 5.73 Å². The van der Waals surface area contributed by atoms with Gasteiger partial charge in [0.15, 0.2) is 26.3 Å². The van der Waals surface area contributed by atoms with Gasteiger partial charge in [0.05, 0.1) is 11.3 Å². The Hall–Kier alpha value is -3.15. The van der Waals surface area contributed by atoms with E-state index in [0.717, 1.165) is 6.07 Å². The fourth-order valence-electron chi connectivity index (χ4n) is 3.06. The van der Waals surface area contributed by atoms with E-state index in [2.05, 4.69) is 15.0 Å². The number of nitrogens with two attached hydrogens (primary N) is 1. The molecule has 4 heterocycles. The van der Waals surface area contributed by atoms with Crippen molar-refractivity contribution >= 4 is 32.3 Å². The van der Waals surface area contributed by atoms with Crippen molar-refractivity contribution in [3.8, 4) is 11.5 Å². The number of nitrogen functional groups attached to an aromatic ring is 1.